The smallest absolute Gasteiger partial charge is 0.333 e. The molecule has 5 nitrogen and oxygen atoms in total. The van der Waals surface area contributed by atoms with Gasteiger partial charge in [-0.15, -0.1) is 11.3 Å². The maximum atomic E-state index is 11.9. The quantitative estimate of drug-likeness (QED) is 0.661. The summed E-state index contributed by atoms with van der Waals surface area (Å²) >= 11 is 1.64. The van der Waals surface area contributed by atoms with Crippen LogP contribution in [0.4, 0.5) is 0 Å². The molecule has 1 aromatic carbocycles. The zero-order chi connectivity index (χ0) is 19.8. The Balaban J connectivity index is 2.02. The molecule has 0 radical (unpaired) electrons. The molecule has 0 unspecified atom stereocenters. The molecule has 0 aliphatic rings. The van der Waals surface area contributed by atoms with Crippen LogP contribution in [0.15, 0.2) is 35.7 Å². The van der Waals surface area contributed by atoms with E-state index >= 15 is 0 Å². The first kappa shape index (κ1) is 21.1. The minimum Gasteiger partial charge on any atom is -0.479 e. The standard InChI is InChI=1S/C21H27NO4S/c1-4-6-20(23)22(3)13-18-12-17(14-27-18)16-9-7-15(8-10-16)11-19(21(24)25)26-5-2/h7-10,12,14,19H,4-6,11,13H2,1-3H3,(H,24,25)/t19-/m0/s1. The fraction of sp³-hybridized carbons (Fsp3) is 0.429. The number of ether oxygens (including phenoxy) is 1. The summed E-state index contributed by atoms with van der Waals surface area (Å²) in [6.07, 6.45) is 0.972. The van der Waals surface area contributed by atoms with Gasteiger partial charge in [-0.25, -0.2) is 4.79 Å². The fourth-order valence-electron chi connectivity index (χ4n) is 2.81. The van der Waals surface area contributed by atoms with Gasteiger partial charge in [-0.05, 0) is 41.5 Å². The third-order valence-corrected chi connectivity index (χ3v) is 5.21. The Labute approximate surface area is 164 Å². The van der Waals surface area contributed by atoms with Gasteiger partial charge in [0.25, 0.3) is 0 Å². The summed E-state index contributed by atoms with van der Waals surface area (Å²) in [4.78, 5) is 26.0. The molecule has 2 rings (SSSR count). The Morgan fingerprint density at radius 2 is 1.89 bits per heavy atom. The summed E-state index contributed by atoms with van der Waals surface area (Å²) < 4.78 is 5.27. The van der Waals surface area contributed by atoms with Crippen LogP contribution >= 0.6 is 11.3 Å². The van der Waals surface area contributed by atoms with Gasteiger partial charge in [-0.1, -0.05) is 31.2 Å². The molecule has 1 heterocycles. The average molecular weight is 390 g/mol. The van der Waals surface area contributed by atoms with E-state index in [0.717, 1.165) is 28.0 Å². The van der Waals surface area contributed by atoms with E-state index in [1.807, 2.05) is 38.2 Å². The topological polar surface area (TPSA) is 66.8 Å². The summed E-state index contributed by atoms with van der Waals surface area (Å²) in [5, 5.41) is 11.3. The lowest BCUT2D eigenvalue weighted by Crippen LogP contribution is -2.26. The normalized spacial score (nSPS) is 12.0. The minimum absolute atomic E-state index is 0.166. The third-order valence-electron chi connectivity index (χ3n) is 4.29. The summed E-state index contributed by atoms with van der Waals surface area (Å²) in [5.74, 6) is -0.774. The predicted octanol–water partition coefficient (Wildman–Crippen LogP) is 4.21. The van der Waals surface area contributed by atoms with Crippen molar-refractivity contribution in [3.8, 4) is 11.1 Å². The number of carboxylic acids is 1. The average Bonchev–Trinajstić information content (AvgIpc) is 3.10. The summed E-state index contributed by atoms with van der Waals surface area (Å²) in [6, 6.07) is 9.99. The summed E-state index contributed by atoms with van der Waals surface area (Å²) in [5.41, 5.74) is 3.12. The zero-order valence-electron chi connectivity index (χ0n) is 16.1. The van der Waals surface area contributed by atoms with E-state index in [1.165, 1.54) is 0 Å². The van der Waals surface area contributed by atoms with Gasteiger partial charge in [0.05, 0.1) is 6.54 Å². The van der Waals surface area contributed by atoms with Crippen LogP contribution in [0.3, 0.4) is 0 Å². The van der Waals surface area contributed by atoms with Gasteiger partial charge >= 0.3 is 5.97 Å². The van der Waals surface area contributed by atoms with Crippen molar-refractivity contribution in [3.63, 3.8) is 0 Å². The van der Waals surface area contributed by atoms with Gasteiger partial charge in [0, 0.05) is 31.4 Å². The highest BCUT2D eigenvalue weighted by atomic mass is 32.1. The van der Waals surface area contributed by atoms with E-state index in [4.69, 9.17) is 4.74 Å². The largest absolute Gasteiger partial charge is 0.479 e. The Morgan fingerprint density at radius 1 is 1.19 bits per heavy atom. The van der Waals surface area contributed by atoms with Crippen molar-refractivity contribution in [1.29, 1.82) is 0 Å². The maximum Gasteiger partial charge on any atom is 0.333 e. The van der Waals surface area contributed by atoms with Crippen LogP contribution in [0.2, 0.25) is 0 Å². The van der Waals surface area contributed by atoms with E-state index in [-0.39, 0.29) is 5.91 Å². The van der Waals surface area contributed by atoms with Gasteiger partial charge in [0.1, 0.15) is 0 Å². The van der Waals surface area contributed by atoms with Crippen molar-refractivity contribution < 1.29 is 19.4 Å². The molecule has 0 fully saturated rings. The lowest BCUT2D eigenvalue weighted by Gasteiger charge is -2.15. The molecule has 1 amide bonds. The van der Waals surface area contributed by atoms with E-state index in [1.54, 1.807) is 23.2 Å². The van der Waals surface area contributed by atoms with Gasteiger partial charge in [-0.2, -0.15) is 0 Å². The molecule has 1 N–H and O–H groups in total. The number of thiophene rings is 1. The van der Waals surface area contributed by atoms with E-state index in [9.17, 15) is 14.7 Å². The fourth-order valence-corrected chi connectivity index (χ4v) is 3.75. The Bertz CT molecular complexity index is 754. The number of hydrogen-bond donors (Lipinski definition) is 1. The molecule has 1 aromatic heterocycles. The van der Waals surface area contributed by atoms with Crippen LogP contribution in [-0.2, 0) is 27.3 Å². The molecule has 1 atom stereocenters. The molecule has 0 saturated carbocycles. The van der Waals surface area contributed by atoms with Crippen molar-refractivity contribution in [2.75, 3.05) is 13.7 Å². The Hall–Kier alpha value is -2.18. The first-order chi connectivity index (χ1) is 12.9. The second kappa shape index (κ2) is 10.2. The highest BCUT2D eigenvalue weighted by Gasteiger charge is 2.18. The molecule has 0 bridgehead atoms. The van der Waals surface area contributed by atoms with Crippen LogP contribution in [0, 0.1) is 0 Å². The van der Waals surface area contributed by atoms with Crippen LogP contribution in [0.5, 0.6) is 0 Å². The minimum atomic E-state index is -0.940. The van der Waals surface area contributed by atoms with Crippen molar-refractivity contribution in [1.82, 2.24) is 4.90 Å². The predicted molar refractivity (Wildman–Crippen MR) is 108 cm³/mol. The molecule has 2 aromatic rings. The lowest BCUT2D eigenvalue weighted by atomic mass is 10.0. The second-order valence-corrected chi connectivity index (χ2v) is 7.48. The number of rotatable bonds is 10. The Morgan fingerprint density at radius 3 is 2.48 bits per heavy atom. The highest BCUT2D eigenvalue weighted by Crippen LogP contribution is 2.27. The molecule has 27 heavy (non-hydrogen) atoms. The molecule has 0 saturated heterocycles. The van der Waals surface area contributed by atoms with Crippen LogP contribution in [0.25, 0.3) is 11.1 Å². The Kier molecular flexibility index (Phi) is 8.00. The van der Waals surface area contributed by atoms with Gasteiger partial charge < -0.3 is 14.7 Å². The number of hydrogen-bond acceptors (Lipinski definition) is 4. The molecule has 0 aliphatic carbocycles. The molecule has 6 heteroatoms. The molecule has 0 aliphatic heterocycles. The first-order valence-electron chi connectivity index (χ1n) is 9.19. The lowest BCUT2D eigenvalue weighted by molar-refractivity contribution is -0.150. The zero-order valence-corrected chi connectivity index (χ0v) is 16.9. The van der Waals surface area contributed by atoms with Crippen LogP contribution in [-0.4, -0.2) is 41.6 Å². The monoisotopic (exact) mass is 389 g/mol. The van der Waals surface area contributed by atoms with Gasteiger partial charge in [0.15, 0.2) is 6.10 Å². The number of amides is 1. The van der Waals surface area contributed by atoms with Gasteiger partial charge in [0.2, 0.25) is 5.91 Å². The number of nitrogens with zero attached hydrogens (tertiary/aromatic N) is 1. The third kappa shape index (κ3) is 6.19. The summed E-state index contributed by atoms with van der Waals surface area (Å²) in [7, 11) is 1.84. The number of carbonyl (C=O) groups is 2. The summed E-state index contributed by atoms with van der Waals surface area (Å²) in [6.45, 7) is 4.80. The van der Waals surface area contributed by atoms with Crippen molar-refractivity contribution >= 4 is 23.2 Å². The molecular weight excluding hydrogens is 362 g/mol. The molecule has 146 valence electrons. The number of carboxylic acid groups (broad SMARTS) is 1. The van der Waals surface area contributed by atoms with Crippen molar-refractivity contribution in [3.05, 3.63) is 46.2 Å². The number of aliphatic carboxylic acids is 1. The second-order valence-electron chi connectivity index (χ2n) is 6.48. The SMILES string of the molecule is CCCC(=O)N(C)Cc1cc(-c2ccc(C[C@H](OCC)C(=O)O)cc2)cs1. The first-order valence-corrected chi connectivity index (χ1v) is 10.1. The van der Waals surface area contributed by atoms with E-state index < -0.39 is 12.1 Å². The van der Waals surface area contributed by atoms with Crippen molar-refractivity contribution in [2.45, 2.75) is 45.8 Å². The maximum absolute atomic E-state index is 11.9. The highest BCUT2D eigenvalue weighted by molar-refractivity contribution is 7.10. The van der Waals surface area contributed by atoms with Crippen molar-refractivity contribution in [2.24, 2.45) is 0 Å². The number of carbonyl (C=O) groups excluding carboxylic acids is 1. The van der Waals surface area contributed by atoms with Crippen LogP contribution < -0.4 is 0 Å². The number of benzene rings is 1. The molecular formula is C21H27NO4S. The van der Waals surface area contributed by atoms with E-state index in [2.05, 4.69) is 11.4 Å². The van der Waals surface area contributed by atoms with Crippen LogP contribution in [0.1, 0.15) is 37.1 Å². The molecule has 0 spiro atoms. The van der Waals surface area contributed by atoms with Gasteiger partial charge in [-0.3, -0.25) is 4.79 Å². The van der Waals surface area contributed by atoms with E-state index in [0.29, 0.717) is 26.0 Å².